The molecule has 1 saturated heterocycles. The molecular weight excluding hydrogens is 170 g/mol. The molecule has 1 aliphatic rings. The highest BCUT2D eigenvalue weighted by Crippen LogP contribution is 2.12. The van der Waals surface area contributed by atoms with Crippen molar-refractivity contribution >= 4 is 5.97 Å². The molecule has 0 spiro atoms. The van der Waals surface area contributed by atoms with Crippen LogP contribution in [-0.4, -0.2) is 32.3 Å². The number of hydrogen-bond acceptors (Lipinski definition) is 4. The van der Waals surface area contributed by atoms with E-state index in [9.17, 15) is 4.79 Å². The van der Waals surface area contributed by atoms with Crippen LogP contribution < -0.4 is 5.73 Å². The highest BCUT2D eigenvalue weighted by atomic mass is 16.5. The van der Waals surface area contributed by atoms with Crippen LogP contribution in [0.4, 0.5) is 0 Å². The molecule has 0 saturated carbocycles. The van der Waals surface area contributed by atoms with Crippen LogP contribution in [0.1, 0.15) is 19.3 Å². The second-order valence-electron chi connectivity index (χ2n) is 3.30. The molecule has 1 atom stereocenters. The molecule has 1 heterocycles. The molecule has 0 aliphatic carbocycles. The number of rotatable bonds is 5. The molecule has 1 aliphatic heterocycles. The molecule has 1 unspecified atom stereocenters. The predicted octanol–water partition coefficient (Wildman–Crippen LogP) is 0.305. The van der Waals surface area contributed by atoms with Crippen LogP contribution in [0.3, 0.4) is 0 Å². The molecule has 0 bridgehead atoms. The van der Waals surface area contributed by atoms with Gasteiger partial charge in [-0.3, -0.25) is 4.79 Å². The Morgan fingerprint density at radius 2 is 2.46 bits per heavy atom. The third-order valence-corrected chi connectivity index (χ3v) is 2.09. The maximum Gasteiger partial charge on any atom is 0.305 e. The number of esters is 1. The third-order valence-electron chi connectivity index (χ3n) is 2.09. The molecule has 76 valence electrons. The van der Waals surface area contributed by atoms with E-state index >= 15 is 0 Å². The Balaban J connectivity index is 2.00. The van der Waals surface area contributed by atoms with Gasteiger partial charge >= 0.3 is 5.97 Å². The van der Waals surface area contributed by atoms with Gasteiger partial charge in [-0.1, -0.05) is 0 Å². The molecule has 0 amide bonds. The van der Waals surface area contributed by atoms with E-state index in [-0.39, 0.29) is 5.97 Å². The zero-order chi connectivity index (χ0) is 9.52. The van der Waals surface area contributed by atoms with Gasteiger partial charge < -0.3 is 15.2 Å². The number of ether oxygens (including phenoxy) is 2. The molecular formula is C9H17NO3. The zero-order valence-electron chi connectivity index (χ0n) is 7.83. The summed E-state index contributed by atoms with van der Waals surface area (Å²) in [5, 5.41) is 0. The highest BCUT2D eigenvalue weighted by molar-refractivity contribution is 5.69. The van der Waals surface area contributed by atoms with Crippen LogP contribution in [0, 0.1) is 5.92 Å². The lowest BCUT2D eigenvalue weighted by Gasteiger charge is -2.08. The molecule has 1 rings (SSSR count). The topological polar surface area (TPSA) is 61.6 Å². The quantitative estimate of drug-likeness (QED) is 0.629. The van der Waals surface area contributed by atoms with Crippen LogP contribution in [-0.2, 0) is 14.3 Å². The molecule has 4 nitrogen and oxygen atoms in total. The summed E-state index contributed by atoms with van der Waals surface area (Å²) in [7, 11) is 0. The van der Waals surface area contributed by atoms with Crippen molar-refractivity contribution in [2.75, 3.05) is 26.4 Å². The fourth-order valence-electron chi connectivity index (χ4n) is 1.24. The number of carbonyl (C=O) groups excluding carboxylic acids is 1. The summed E-state index contributed by atoms with van der Waals surface area (Å²) in [5.74, 6) is 0.263. The van der Waals surface area contributed by atoms with Gasteiger partial charge in [-0.05, 0) is 19.4 Å². The Labute approximate surface area is 78.4 Å². The lowest BCUT2D eigenvalue weighted by Crippen LogP contribution is -2.15. The van der Waals surface area contributed by atoms with E-state index in [0.717, 1.165) is 19.6 Å². The van der Waals surface area contributed by atoms with Crippen molar-refractivity contribution in [1.29, 1.82) is 0 Å². The van der Waals surface area contributed by atoms with Gasteiger partial charge in [0.25, 0.3) is 0 Å². The molecule has 0 aromatic carbocycles. The van der Waals surface area contributed by atoms with Crippen molar-refractivity contribution in [2.24, 2.45) is 11.7 Å². The molecule has 1 fully saturated rings. The Kier molecular flexibility index (Phi) is 4.78. The van der Waals surface area contributed by atoms with Crippen molar-refractivity contribution in [1.82, 2.24) is 0 Å². The first kappa shape index (κ1) is 10.5. The minimum atomic E-state index is -0.141. The first-order valence-electron chi connectivity index (χ1n) is 4.76. The number of hydrogen-bond donors (Lipinski definition) is 1. The van der Waals surface area contributed by atoms with Gasteiger partial charge in [0.15, 0.2) is 0 Å². The summed E-state index contributed by atoms with van der Waals surface area (Å²) in [6.45, 7) is 2.57. The fourth-order valence-corrected chi connectivity index (χ4v) is 1.24. The van der Waals surface area contributed by atoms with Gasteiger partial charge in [0.1, 0.15) is 0 Å². The zero-order valence-corrected chi connectivity index (χ0v) is 7.83. The van der Waals surface area contributed by atoms with Crippen LogP contribution in [0.2, 0.25) is 0 Å². The predicted molar refractivity (Wildman–Crippen MR) is 48.2 cm³/mol. The van der Waals surface area contributed by atoms with E-state index in [4.69, 9.17) is 15.2 Å². The van der Waals surface area contributed by atoms with Crippen LogP contribution in [0.25, 0.3) is 0 Å². The second kappa shape index (κ2) is 5.94. The summed E-state index contributed by atoms with van der Waals surface area (Å²) >= 11 is 0. The van der Waals surface area contributed by atoms with Crippen molar-refractivity contribution in [3.63, 3.8) is 0 Å². The van der Waals surface area contributed by atoms with Crippen molar-refractivity contribution in [3.05, 3.63) is 0 Å². The lowest BCUT2D eigenvalue weighted by atomic mass is 10.1. The maximum atomic E-state index is 11.0. The Bertz CT molecular complexity index is 155. The summed E-state index contributed by atoms with van der Waals surface area (Å²) in [6, 6.07) is 0. The standard InChI is InChI=1S/C9H17NO3/c10-4-1-2-9(11)13-7-8-3-5-12-6-8/h8H,1-7,10H2. The summed E-state index contributed by atoms with van der Waals surface area (Å²) in [6.07, 6.45) is 2.15. The number of carbonyl (C=O) groups is 1. The van der Waals surface area contributed by atoms with Gasteiger partial charge in [-0.2, -0.15) is 0 Å². The van der Waals surface area contributed by atoms with Crippen LogP contribution in [0.15, 0.2) is 0 Å². The van der Waals surface area contributed by atoms with Crippen molar-refractivity contribution < 1.29 is 14.3 Å². The first-order chi connectivity index (χ1) is 6.33. The van der Waals surface area contributed by atoms with Gasteiger partial charge in [0.2, 0.25) is 0 Å². The molecule has 2 N–H and O–H groups in total. The molecule has 13 heavy (non-hydrogen) atoms. The minimum absolute atomic E-state index is 0.141. The normalized spacial score (nSPS) is 21.8. The summed E-state index contributed by atoms with van der Waals surface area (Å²) in [5.41, 5.74) is 5.27. The lowest BCUT2D eigenvalue weighted by molar-refractivity contribution is -0.145. The van der Waals surface area contributed by atoms with Gasteiger partial charge in [0.05, 0.1) is 13.2 Å². The second-order valence-corrected chi connectivity index (χ2v) is 3.30. The minimum Gasteiger partial charge on any atom is -0.465 e. The van der Waals surface area contributed by atoms with Crippen molar-refractivity contribution in [2.45, 2.75) is 19.3 Å². The Morgan fingerprint density at radius 1 is 1.62 bits per heavy atom. The van der Waals surface area contributed by atoms with Gasteiger partial charge in [-0.15, -0.1) is 0 Å². The van der Waals surface area contributed by atoms with Crippen LogP contribution >= 0.6 is 0 Å². The SMILES string of the molecule is NCCCC(=O)OCC1CCOC1. The van der Waals surface area contributed by atoms with Crippen LogP contribution in [0.5, 0.6) is 0 Å². The monoisotopic (exact) mass is 187 g/mol. The first-order valence-corrected chi connectivity index (χ1v) is 4.76. The Hall–Kier alpha value is -0.610. The molecule has 0 radical (unpaired) electrons. The highest BCUT2D eigenvalue weighted by Gasteiger charge is 2.17. The van der Waals surface area contributed by atoms with Gasteiger partial charge in [0, 0.05) is 18.9 Å². The summed E-state index contributed by atoms with van der Waals surface area (Å²) in [4.78, 5) is 11.0. The average molecular weight is 187 g/mol. The van der Waals surface area contributed by atoms with Gasteiger partial charge in [-0.25, -0.2) is 0 Å². The summed E-state index contributed by atoms with van der Waals surface area (Å²) < 4.78 is 10.2. The fraction of sp³-hybridized carbons (Fsp3) is 0.889. The molecule has 4 heteroatoms. The number of nitrogens with two attached hydrogens (primary N) is 1. The van der Waals surface area contributed by atoms with E-state index in [1.165, 1.54) is 0 Å². The van der Waals surface area contributed by atoms with E-state index in [1.54, 1.807) is 0 Å². The molecule has 0 aromatic heterocycles. The average Bonchev–Trinajstić information content (AvgIpc) is 2.64. The van der Waals surface area contributed by atoms with E-state index in [0.29, 0.717) is 31.9 Å². The van der Waals surface area contributed by atoms with E-state index < -0.39 is 0 Å². The molecule has 0 aromatic rings. The van der Waals surface area contributed by atoms with E-state index in [1.807, 2.05) is 0 Å². The smallest absolute Gasteiger partial charge is 0.305 e. The van der Waals surface area contributed by atoms with Crippen molar-refractivity contribution in [3.8, 4) is 0 Å². The Morgan fingerprint density at radius 3 is 3.08 bits per heavy atom. The third kappa shape index (κ3) is 4.24. The largest absolute Gasteiger partial charge is 0.465 e. The van der Waals surface area contributed by atoms with E-state index in [2.05, 4.69) is 0 Å². The maximum absolute atomic E-state index is 11.0.